The molecule has 2 heterocycles. The summed E-state index contributed by atoms with van der Waals surface area (Å²) in [6.45, 7) is 5.70. The molecule has 0 aliphatic heterocycles. The molecule has 1 unspecified atom stereocenters. The van der Waals surface area contributed by atoms with E-state index in [1.165, 1.54) is 24.8 Å². The zero-order valence-electron chi connectivity index (χ0n) is 19.1. The maximum Gasteiger partial charge on any atom is 0.135 e. The molecule has 0 saturated heterocycles. The Bertz CT molecular complexity index is 1220. The third-order valence-corrected chi connectivity index (χ3v) is 8.50. The van der Waals surface area contributed by atoms with Gasteiger partial charge in [-0.05, 0) is 93.5 Å². The molecule has 2 aromatic heterocycles. The minimum atomic E-state index is -0.783. The van der Waals surface area contributed by atoms with Crippen molar-refractivity contribution in [2.24, 2.45) is 16.3 Å². The first-order chi connectivity index (χ1) is 16.0. The van der Waals surface area contributed by atoms with Crippen LogP contribution in [0.3, 0.4) is 0 Å². The summed E-state index contributed by atoms with van der Waals surface area (Å²) in [5.41, 5.74) is 3.05. The monoisotopic (exact) mass is 444 g/mol. The number of aromatic nitrogens is 2. The van der Waals surface area contributed by atoms with E-state index in [0.717, 1.165) is 47.4 Å². The third-order valence-electron chi connectivity index (χ3n) is 8.50. The quantitative estimate of drug-likeness (QED) is 0.467. The number of aliphatic hydroxyl groups is 2. The fourth-order valence-corrected chi connectivity index (χ4v) is 6.24. The van der Waals surface area contributed by atoms with Gasteiger partial charge in [0.05, 0.1) is 17.7 Å². The molecule has 3 N–H and O–H groups in total. The number of pyridine rings is 1. The van der Waals surface area contributed by atoms with Crippen molar-refractivity contribution < 1.29 is 10.2 Å². The summed E-state index contributed by atoms with van der Waals surface area (Å²) in [7, 11) is 0. The zero-order chi connectivity index (χ0) is 22.7. The highest BCUT2D eigenvalue weighted by molar-refractivity contribution is 5.81. The molecule has 0 spiro atoms. The molecule has 5 atom stereocenters. The van der Waals surface area contributed by atoms with Crippen LogP contribution in [0.25, 0.3) is 10.9 Å². The van der Waals surface area contributed by atoms with E-state index in [9.17, 15) is 10.2 Å². The van der Waals surface area contributed by atoms with Crippen LogP contribution in [0.1, 0.15) is 49.3 Å². The summed E-state index contributed by atoms with van der Waals surface area (Å²) < 4.78 is 2.02. The predicted octanol–water partition coefficient (Wildman–Crippen LogP) is 4.56. The van der Waals surface area contributed by atoms with Crippen molar-refractivity contribution in [1.29, 1.82) is 0 Å². The Morgan fingerprint density at radius 3 is 2.79 bits per heavy atom. The number of aliphatic hydroxyl groups excluding tert-OH is 2. The summed E-state index contributed by atoms with van der Waals surface area (Å²) in [6.07, 6.45) is 6.88. The van der Waals surface area contributed by atoms with E-state index < -0.39 is 12.2 Å². The smallest absolute Gasteiger partial charge is 0.135 e. The lowest BCUT2D eigenvalue weighted by Gasteiger charge is -2.27. The Kier molecular flexibility index (Phi) is 4.85. The van der Waals surface area contributed by atoms with Gasteiger partial charge in [0.2, 0.25) is 0 Å². The maximum absolute atomic E-state index is 11.0. The molecular formula is C27H32N4O2. The van der Waals surface area contributed by atoms with E-state index in [1.807, 2.05) is 23.8 Å². The number of nitrogens with one attached hydrogen (secondary N) is 1. The van der Waals surface area contributed by atoms with Gasteiger partial charge >= 0.3 is 0 Å². The second-order valence-corrected chi connectivity index (χ2v) is 10.4. The van der Waals surface area contributed by atoms with Crippen molar-refractivity contribution >= 4 is 29.3 Å². The largest absolute Gasteiger partial charge is 0.390 e. The number of hydrogen-bond donors (Lipinski definition) is 3. The Hall–Kier alpha value is -2.70. The van der Waals surface area contributed by atoms with E-state index in [-0.39, 0.29) is 17.4 Å². The molecule has 33 heavy (non-hydrogen) atoms. The van der Waals surface area contributed by atoms with Gasteiger partial charge in [-0.15, -0.1) is 0 Å². The predicted molar refractivity (Wildman–Crippen MR) is 131 cm³/mol. The Balaban J connectivity index is 1.19. The topological polar surface area (TPSA) is 82.7 Å². The van der Waals surface area contributed by atoms with Gasteiger partial charge in [-0.1, -0.05) is 12.1 Å². The van der Waals surface area contributed by atoms with Crippen LogP contribution in [-0.2, 0) is 6.42 Å². The average molecular weight is 445 g/mol. The minimum absolute atomic E-state index is 0.146. The number of hydrogen-bond acceptors (Lipinski definition) is 5. The Morgan fingerprint density at radius 2 is 2.03 bits per heavy atom. The number of fused-ring (bicyclic) bond motifs is 2. The molecule has 0 amide bonds. The first-order valence-corrected chi connectivity index (χ1v) is 12.2. The lowest BCUT2D eigenvalue weighted by Crippen LogP contribution is -2.34. The molecule has 172 valence electrons. The molecule has 3 aromatic rings. The summed E-state index contributed by atoms with van der Waals surface area (Å²) in [4.78, 5) is 9.02. The lowest BCUT2D eigenvalue weighted by molar-refractivity contribution is -0.0194. The van der Waals surface area contributed by atoms with Gasteiger partial charge < -0.3 is 20.1 Å². The summed E-state index contributed by atoms with van der Waals surface area (Å²) in [5.74, 6) is 2.00. The van der Waals surface area contributed by atoms with Crippen LogP contribution in [0.2, 0.25) is 0 Å². The van der Waals surface area contributed by atoms with Crippen LogP contribution in [-0.4, -0.2) is 44.7 Å². The Labute approximate surface area is 194 Å². The summed E-state index contributed by atoms with van der Waals surface area (Å²) in [5, 5.41) is 26.6. The van der Waals surface area contributed by atoms with E-state index in [0.29, 0.717) is 6.04 Å². The van der Waals surface area contributed by atoms with Gasteiger partial charge in [0.1, 0.15) is 17.7 Å². The van der Waals surface area contributed by atoms with Crippen LogP contribution in [0, 0.1) is 18.3 Å². The molecule has 1 aromatic carbocycles. The van der Waals surface area contributed by atoms with Gasteiger partial charge in [-0.3, -0.25) is 0 Å². The number of nitrogens with zero attached hydrogens (tertiary/aromatic N) is 3. The van der Waals surface area contributed by atoms with Crippen molar-refractivity contribution in [3.05, 3.63) is 53.7 Å². The standard InChI is InChI=1S/C27H32N4O2/c1-16-11-13-31(26(16)28-2)23-20-15-27(20,25(33)24(23)32)12-10-17-6-7-18-8-9-22(30-21(18)14-17)29-19-4-3-5-19/h6-9,11,13-14,19-20,23-25,32-33H,2-5,10,12,15H2,1H3,(H,29,30)/t20-,23-,24+,25+,27?/m1/s1. The molecule has 3 fully saturated rings. The maximum atomic E-state index is 11.0. The number of anilines is 1. The second-order valence-electron chi connectivity index (χ2n) is 10.4. The van der Waals surface area contributed by atoms with E-state index in [2.05, 4.69) is 47.4 Å². The second kappa shape index (κ2) is 7.67. The van der Waals surface area contributed by atoms with Crippen LogP contribution in [0.15, 0.2) is 47.6 Å². The van der Waals surface area contributed by atoms with Crippen molar-refractivity contribution in [1.82, 2.24) is 9.55 Å². The van der Waals surface area contributed by atoms with E-state index in [1.54, 1.807) is 0 Å². The van der Waals surface area contributed by atoms with Crippen LogP contribution in [0.4, 0.5) is 11.6 Å². The molecule has 0 radical (unpaired) electrons. The van der Waals surface area contributed by atoms with Crippen molar-refractivity contribution in [2.45, 2.75) is 69.7 Å². The fourth-order valence-electron chi connectivity index (χ4n) is 6.24. The summed E-state index contributed by atoms with van der Waals surface area (Å²) in [6, 6.07) is 13.1. The number of benzene rings is 1. The average Bonchev–Trinajstić information content (AvgIpc) is 3.34. The van der Waals surface area contributed by atoms with E-state index in [4.69, 9.17) is 4.98 Å². The van der Waals surface area contributed by atoms with Crippen molar-refractivity contribution in [3.63, 3.8) is 0 Å². The molecule has 0 bridgehead atoms. The highest BCUT2D eigenvalue weighted by Gasteiger charge is 2.70. The van der Waals surface area contributed by atoms with Crippen LogP contribution in [0.5, 0.6) is 0 Å². The Morgan fingerprint density at radius 1 is 1.21 bits per heavy atom. The lowest BCUT2D eigenvalue weighted by atomic mass is 9.91. The van der Waals surface area contributed by atoms with E-state index >= 15 is 0 Å². The SMILES string of the molecule is C=Nc1c(C)ccn1[C@H]1[C@H](O)[C@H](O)C2(CCc3ccc4ccc(NC5CCC5)nc4c3)C[C@H]12. The van der Waals surface area contributed by atoms with Gasteiger partial charge in [-0.2, -0.15) is 0 Å². The number of aryl methyl sites for hydroxylation is 2. The molecule has 6 nitrogen and oxygen atoms in total. The normalized spacial score (nSPS) is 30.8. The highest BCUT2D eigenvalue weighted by Crippen LogP contribution is 2.70. The zero-order valence-corrected chi connectivity index (χ0v) is 19.1. The molecule has 6 rings (SSSR count). The molecule has 3 aliphatic carbocycles. The first-order valence-electron chi connectivity index (χ1n) is 12.2. The molecular weight excluding hydrogens is 412 g/mol. The van der Waals surface area contributed by atoms with Crippen LogP contribution < -0.4 is 5.32 Å². The van der Waals surface area contributed by atoms with Crippen molar-refractivity contribution in [3.8, 4) is 0 Å². The highest BCUT2D eigenvalue weighted by atomic mass is 16.3. The molecule has 6 heteroatoms. The summed E-state index contributed by atoms with van der Waals surface area (Å²) >= 11 is 0. The molecule has 3 aliphatic rings. The van der Waals surface area contributed by atoms with Gasteiger partial charge in [0.25, 0.3) is 0 Å². The van der Waals surface area contributed by atoms with Gasteiger partial charge in [0.15, 0.2) is 0 Å². The fraction of sp³-hybridized carbons (Fsp3) is 0.481. The molecule has 3 saturated carbocycles. The van der Waals surface area contributed by atoms with Crippen LogP contribution >= 0.6 is 0 Å². The number of rotatable bonds is 7. The number of aliphatic imine (C=N–C) groups is 1. The third kappa shape index (κ3) is 3.30. The first kappa shape index (κ1) is 20.9. The van der Waals surface area contributed by atoms with Gasteiger partial charge in [0, 0.05) is 23.0 Å². The van der Waals surface area contributed by atoms with Gasteiger partial charge in [-0.25, -0.2) is 9.98 Å². The minimum Gasteiger partial charge on any atom is -0.390 e. The van der Waals surface area contributed by atoms with Crippen molar-refractivity contribution in [2.75, 3.05) is 5.32 Å².